The summed E-state index contributed by atoms with van der Waals surface area (Å²) in [5.74, 6) is -0.388. The van der Waals surface area contributed by atoms with E-state index in [9.17, 15) is 14.4 Å². The predicted molar refractivity (Wildman–Crippen MR) is 113 cm³/mol. The summed E-state index contributed by atoms with van der Waals surface area (Å²) >= 11 is 0. The average Bonchev–Trinajstić information content (AvgIpc) is 3.27. The second-order valence-electron chi connectivity index (χ2n) is 6.97. The van der Waals surface area contributed by atoms with Crippen LogP contribution in [0.3, 0.4) is 0 Å². The molecule has 0 unspecified atom stereocenters. The molecule has 4 rings (SSSR count). The summed E-state index contributed by atoms with van der Waals surface area (Å²) < 4.78 is 1.01. The third kappa shape index (κ3) is 4.07. The van der Waals surface area contributed by atoms with Crippen molar-refractivity contribution in [1.29, 1.82) is 0 Å². The van der Waals surface area contributed by atoms with Crippen LogP contribution in [0.15, 0.2) is 76.7 Å². The summed E-state index contributed by atoms with van der Waals surface area (Å²) in [6.45, 7) is 0.354. The second-order valence-corrected chi connectivity index (χ2v) is 6.97. The first-order valence-electron chi connectivity index (χ1n) is 9.66. The Morgan fingerprint density at radius 1 is 1.07 bits per heavy atom. The number of nitrogens with zero attached hydrogens (tertiary/aromatic N) is 2. The second kappa shape index (κ2) is 8.60. The number of aromatic amines is 2. The number of hydrogen-bond acceptors (Lipinski definition) is 4. The fourth-order valence-corrected chi connectivity index (χ4v) is 3.46. The van der Waals surface area contributed by atoms with Crippen molar-refractivity contribution in [3.05, 3.63) is 99.2 Å². The van der Waals surface area contributed by atoms with Crippen LogP contribution in [-0.4, -0.2) is 32.0 Å². The monoisotopic (exact) mass is 403 g/mol. The van der Waals surface area contributed by atoms with Gasteiger partial charge in [0.15, 0.2) is 0 Å². The lowest BCUT2D eigenvalue weighted by molar-refractivity contribution is -0.124. The number of amides is 1. The molecule has 0 saturated carbocycles. The Kier molecular flexibility index (Phi) is 5.56. The fraction of sp³-hybridized carbons (Fsp3) is 0.182. The van der Waals surface area contributed by atoms with E-state index in [-0.39, 0.29) is 12.3 Å². The molecule has 2 aromatic heterocycles. The van der Waals surface area contributed by atoms with Crippen molar-refractivity contribution in [3.8, 4) is 0 Å². The van der Waals surface area contributed by atoms with E-state index in [0.717, 1.165) is 15.8 Å². The summed E-state index contributed by atoms with van der Waals surface area (Å²) in [6, 6.07) is 15.1. The first-order valence-corrected chi connectivity index (χ1v) is 9.66. The summed E-state index contributed by atoms with van der Waals surface area (Å²) in [5.41, 5.74) is 1.09. The quantitative estimate of drug-likeness (QED) is 0.435. The summed E-state index contributed by atoms with van der Waals surface area (Å²) in [4.78, 5) is 48.6. The zero-order valence-corrected chi connectivity index (χ0v) is 16.2. The number of hydrogen-bond donors (Lipinski definition) is 3. The number of carbonyl (C=O) groups is 1. The van der Waals surface area contributed by atoms with Crippen molar-refractivity contribution < 1.29 is 4.79 Å². The molecule has 0 aliphatic rings. The van der Waals surface area contributed by atoms with E-state index in [2.05, 4.69) is 20.3 Å². The Labute approximate surface area is 171 Å². The zero-order valence-electron chi connectivity index (χ0n) is 16.2. The van der Waals surface area contributed by atoms with Crippen LogP contribution in [0, 0.1) is 0 Å². The van der Waals surface area contributed by atoms with Gasteiger partial charge in [0.1, 0.15) is 6.04 Å². The number of H-pyrrole nitrogens is 2. The van der Waals surface area contributed by atoms with Crippen LogP contribution < -0.4 is 16.6 Å². The lowest BCUT2D eigenvalue weighted by Crippen LogP contribution is -2.45. The smallest absolute Gasteiger partial charge is 0.329 e. The van der Waals surface area contributed by atoms with E-state index in [1.807, 2.05) is 30.3 Å². The van der Waals surface area contributed by atoms with Gasteiger partial charge >= 0.3 is 5.69 Å². The molecule has 8 heteroatoms. The molecule has 2 aromatic carbocycles. The van der Waals surface area contributed by atoms with Gasteiger partial charge in [-0.3, -0.25) is 9.59 Å². The largest absolute Gasteiger partial charge is 0.354 e. The van der Waals surface area contributed by atoms with Crippen molar-refractivity contribution in [2.24, 2.45) is 0 Å². The molecular weight excluding hydrogens is 382 g/mol. The Morgan fingerprint density at radius 2 is 1.83 bits per heavy atom. The van der Waals surface area contributed by atoms with Crippen molar-refractivity contribution in [2.45, 2.75) is 18.9 Å². The Bertz CT molecular complexity index is 1260. The van der Waals surface area contributed by atoms with Gasteiger partial charge in [0.2, 0.25) is 5.91 Å². The van der Waals surface area contributed by atoms with E-state index in [4.69, 9.17) is 0 Å². The van der Waals surface area contributed by atoms with E-state index in [1.54, 1.807) is 36.8 Å². The third-order valence-electron chi connectivity index (χ3n) is 4.97. The molecule has 30 heavy (non-hydrogen) atoms. The number of imidazole rings is 1. The molecule has 1 amide bonds. The molecule has 2 heterocycles. The van der Waals surface area contributed by atoms with Gasteiger partial charge in [0.05, 0.1) is 17.2 Å². The predicted octanol–water partition coefficient (Wildman–Crippen LogP) is 1.56. The van der Waals surface area contributed by atoms with Gasteiger partial charge in [-0.15, -0.1) is 0 Å². The maximum atomic E-state index is 13.1. The van der Waals surface area contributed by atoms with Crippen molar-refractivity contribution in [1.82, 2.24) is 24.8 Å². The van der Waals surface area contributed by atoms with Crippen molar-refractivity contribution in [2.75, 3.05) is 6.54 Å². The summed E-state index contributed by atoms with van der Waals surface area (Å²) in [7, 11) is 0. The number of nitrogens with one attached hydrogen (secondary N) is 3. The number of benzene rings is 2. The molecule has 0 saturated heterocycles. The topological polar surface area (TPSA) is 113 Å². The maximum absolute atomic E-state index is 13.1. The van der Waals surface area contributed by atoms with Crippen LogP contribution in [0.25, 0.3) is 10.9 Å². The molecular formula is C22H21N5O3. The minimum Gasteiger partial charge on any atom is -0.354 e. The molecule has 1 atom stereocenters. The lowest BCUT2D eigenvalue weighted by Gasteiger charge is -2.19. The Morgan fingerprint density at radius 3 is 2.60 bits per heavy atom. The number of fused-ring (bicyclic) bond motifs is 1. The highest BCUT2D eigenvalue weighted by Gasteiger charge is 2.25. The number of rotatable bonds is 7. The summed E-state index contributed by atoms with van der Waals surface area (Å²) in [6.07, 6.45) is 4.04. The van der Waals surface area contributed by atoms with Gasteiger partial charge in [-0.05, 0) is 17.7 Å². The molecule has 0 bridgehead atoms. The van der Waals surface area contributed by atoms with Crippen LogP contribution >= 0.6 is 0 Å². The SMILES string of the molecule is O=C(NCCc1cnc[nH]1)[C@@H](Cc1ccccc1)n1c(=O)[nH]c2ccccc2c1=O. The van der Waals surface area contributed by atoms with E-state index < -0.39 is 17.3 Å². The van der Waals surface area contributed by atoms with Crippen LogP contribution in [0.4, 0.5) is 0 Å². The van der Waals surface area contributed by atoms with Crippen molar-refractivity contribution >= 4 is 16.8 Å². The number of carbonyl (C=O) groups excluding carboxylic acids is 1. The van der Waals surface area contributed by atoms with Crippen LogP contribution in [0.5, 0.6) is 0 Å². The van der Waals surface area contributed by atoms with E-state index >= 15 is 0 Å². The van der Waals surface area contributed by atoms with Crippen LogP contribution in [0.2, 0.25) is 0 Å². The lowest BCUT2D eigenvalue weighted by atomic mass is 10.0. The van der Waals surface area contributed by atoms with Gasteiger partial charge in [0.25, 0.3) is 5.56 Å². The molecule has 3 N–H and O–H groups in total. The zero-order chi connectivity index (χ0) is 20.9. The number of para-hydroxylation sites is 1. The minimum atomic E-state index is -0.977. The standard InChI is InChI=1S/C22H21N5O3/c28-20(24-11-10-16-13-23-14-25-16)19(12-15-6-2-1-3-7-15)27-21(29)17-8-4-5-9-18(17)26-22(27)30/h1-9,13-14,19H,10-12H2,(H,23,25)(H,24,28)(H,26,30)/t19-/m1/s1. The average molecular weight is 403 g/mol. The Hall–Kier alpha value is -3.94. The molecule has 0 fully saturated rings. The van der Waals surface area contributed by atoms with Gasteiger partial charge in [0, 0.05) is 31.3 Å². The summed E-state index contributed by atoms with van der Waals surface area (Å²) in [5, 5.41) is 3.20. The highest BCUT2D eigenvalue weighted by atomic mass is 16.2. The number of aromatic nitrogens is 4. The molecule has 0 aliphatic heterocycles. The molecule has 0 aliphatic carbocycles. The Balaban J connectivity index is 1.68. The van der Waals surface area contributed by atoms with Gasteiger partial charge in [-0.2, -0.15) is 0 Å². The molecule has 0 radical (unpaired) electrons. The highest BCUT2D eigenvalue weighted by molar-refractivity contribution is 5.82. The minimum absolute atomic E-state index is 0.220. The normalized spacial score (nSPS) is 12.0. The van der Waals surface area contributed by atoms with Crippen LogP contribution in [0.1, 0.15) is 17.3 Å². The molecule has 4 aromatic rings. The van der Waals surface area contributed by atoms with Crippen molar-refractivity contribution in [3.63, 3.8) is 0 Å². The van der Waals surface area contributed by atoms with Crippen LogP contribution in [-0.2, 0) is 17.6 Å². The van der Waals surface area contributed by atoms with E-state index in [0.29, 0.717) is 23.9 Å². The maximum Gasteiger partial charge on any atom is 0.329 e. The molecule has 152 valence electrons. The molecule has 8 nitrogen and oxygen atoms in total. The fourth-order valence-electron chi connectivity index (χ4n) is 3.46. The van der Waals surface area contributed by atoms with Gasteiger partial charge in [-0.25, -0.2) is 14.3 Å². The highest BCUT2D eigenvalue weighted by Crippen LogP contribution is 2.13. The molecule has 0 spiro atoms. The van der Waals surface area contributed by atoms with Gasteiger partial charge in [-0.1, -0.05) is 42.5 Å². The third-order valence-corrected chi connectivity index (χ3v) is 4.97. The van der Waals surface area contributed by atoms with E-state index in [1.165, 1.54) is 0 Å². The van der Waals surface area contributed by atoms with Gasteiger partial charge < -0.3 is 15.3 Å². The first kappa shape index (κ1) is 19.4. The first-order chi connectivity index (χ1) is 14.6.